The molecule has 0 unspecified atom stereocenters. The van der Waals surface area contributed by atoms with Gasteiger partial charge >= 0.3 is 0 Å². The predicted octanol–water partition coefficient (Wildman–Crippen LogP) is 2.49. The van der Waals surface area contributed by atoms with E-state index in [1.165, 1.54) is 7.11 Å². The Morgan fingerprint density at radius 2 is 1.63 bits per heavy atom. The largest absolute Gasteiger partial charge is 0.496 e. The molecule has 0 aromatic heterocycles. The number of rotatable bonds is 6. The lowest BCUT2D eigenvalue weighted by Crippen LogP contribution is -2.41. The Hall–Kier alpha value is -3.35. The van der Waals surface area contributed by atoms with Crippen molar-refractivity contribution >= 4 is 23.4 Å². The van der Waals surface area contributed by atoms with E-state index >= 15 is 0 Å². The van der Waals surface area contributed by atoms with Crippen molar-refractivity contribution in [3.8, 4) is 5.75 Å². The predicted molar refractivity (Wildman–Crippen MR) is 102 cm³/mol. The molecule has 0 aliphatic heterocycles. The van der Waals surface area contributed by atoms with Gasteiger partial charge in [-0.15, -0.1) is 0 Å². The van der Waals surface area contributed by atoms with E-state index in [2.05, 4.69) is 16.2 Å². The Kier molecular flexibility index (Phi) is 6.93. The number of carbonyl (C=O) groups is 3. The van der Waals surface area contributed by atoms with Crippen LogP contribution in [0, 0.1) is 13.8 Å². The Labute approximate surface area is 158 Å². The molecule has 0 bridgehead atoms. The number of para-hydroxylation sites is 1. The topological polar surface area (TPSA) is 96.5 Å². The van der Waals surface area contributed by atoms with Crippen LogP contribution in [-0.2, 0) is 9.59 Å². The number of anilines is 1. The van der Waals surface area contributed by atoms with Crippen molar-refractivity contribution in [2.75, 3.05) is 12.4 Å². The molecule has 0 fully saturated rings. The number of aryl methyl sites for hydroxylation is 2. The molecule has 27 heavy (non-hydrogen) atoms. The van der Waals surface area contributed by atoms with E-state index in [0.717, 1.165) is 16.8 Å². The lowest BCUT2D eigenvalue weighted by atomic mass is 10.1. The number of methoxy groups -OCH3 is 1. The van der Waals surface area contributed by atoms with Gasteiger partial charge in [-0.2, -0.15) is 0 Å². The minimum Gasteiger partial charge on any atom is -0.496 e. The van der Waals surface area contributed by atoms with E-state index < -0.39 is 11.8 Å². The fourth-order valence-electron chi connectivity index (χ4n) is 2.40. The second kappa shape index (κ2) is 9.38. The normalized spacial score (nSPS) is 10.0. The molecule has 2 aromatic carbocycles. The summed E-state index contributed by atoms with van der Waals surface area (Å²) in [6.45, 7) is 3.84. The first-order valence-corrected chi connectivity index (χ1v) is 8.50. The molecular formula is C20H23N3O4. The maximum atomic E-state index is 12.1. The van der Waals surface area contributed by atoms with Gasteiger partial charge in [0.1, 0.15) is 5.75 Å². The number of ether oxygens (including phenoxy) is 1. The quantitative estimate of drug-likeness (QED) is 0.682. The molecule has 0 aliphatic carbocycles. The zero-order valence-corrected chi connectivity index (χ0v) is 15.6. The highest BCUT2D eigenvalue weighted by molar-refractivity contribution is 5.98. The van der Waals surface area contributed by atoms with E-state index in [4.69, 9.17) is 4.74 Å². The number of hydrogen-bond donors (Lipinski definition) is 3. The number of benzene rings is 2. The van der Waals surface area contributed by atoms with Gasteiger partial charge in [0.15, 0.2) is 0 Å². The SMILES string of the molecule is COc1ccccc1C(=O)NNC(=O)CCC(=O)Nc1cc(C)ccc1C. The van der Waals surface area contributed by atoms with Crippen LogP contribution < -0.4 is 20.9 Å². The first kappa shape index (κ1) is 20.0. The van der Waals surface area contributed by atoms with E-state index in [-0.39, 0.29) is 18.7 Å². The molecule has 3 amide bonds. The summed E-state index contributed by atoms with van der Waals surface area (Å²) >= 11 is 0. The van der Waals surface area contributed by atoms with Gasteiger partial charge in [-0.25, -0.2) is 0 Å². The molecule has 0 saturated heterocycles. The Balaban J connectivity index is 1.79. The number of nitrogens with one attached hydrogen (secondary N) is 3. The summed E-state index contributed by atoms with van der Waals surface area (Å²) in [7, 11) is 1.46. The molecule has 0 aliphatic rings. The van der Waals surface area contributed by atoms with Crippen LogP contribution in [-0.4, -0.2) is 24.8 Å². The molecule has 0 heterocycles. The molecule has 2 rings (SSSR count). The summed E-state index contributed by atoms with van der Waals surface area (Å²) in [5.41, 5.74) is 7.62. The van der Waals surface area contributed by atoms with Gasteiger partial charge in [0.25, 0.3) is 5.91 Å². The highest BCUT2D eigenvalue weighted by atomic mass is 16.5. The van der Waals surface area contributed by atoms with Crippen LogP contribution in [0.25, 0.3) is 0 Å². The maximum Gasteiger partial charge on any atom is 0.273 e. The van der Waals surface area contributed by atoms with Crippen LogP contribution in [0.5, 0.6) is 5.75 Å². The van der Waals surface area contributed by atoms with Crippen molar-refractivity contribution in [3.05, 3.63) is 59.2 Å². The third-order valence-electron chi connectivity index (χ3n) is 3.91. The van der Waals surface area contributed by atoms with Crippen molar-refractivity contribution in [2.24, 2.45) is 0 Å². The van der Waals surface area contributed by atoms with Gasteiger partial charge in [0, 0.05) is 18.5 Å². The lowest BCUT2D eigenvalue weighted by Gasteiger charge is -2.11. The summed E-state index contributed by atoms with van der Waals surface area (Å²) in [6.07, 6.45) is -0.0490. The zero-order chi connectivity index (χ0) is 19.8. The smallest absolute Gasteiger partial charge is 0.273 e. The number of hydrogen-bond acceptors (Lipinski definition) is 4. The summed E-state index contributed by atoms with van der Waals surface area (Å²) < 4.78 is 5.10. The molecule has 7 nitrogen and oxygen atoms in total. The summed E-state index contributed by atoms with van der Waals surface area (Å²) in [5, 5.41) is 2.79. The van der Waals surface area contributed by atoms with Crippen molar-refractivity contribution in [1.29, 1.82) is 0 Å². The highest BCUT2D eigenvalue weighted by Gasteiger charge is 2.13. The molecule has 0 saturated carbocycles. The first-order chi connectivity index (χ1) is 12.9. The average Bonchev–Trinajstić information content (AvgIpc) is 2.67. The standard InChI is InChI=1S/C20H23N3O4/c1-13-8-9-14(2)16(12-13)21-18(24)10-11-19(25)22-23-20(26)15-6-4-5-7-17(15)27-3/h4-9,12H,10-11H2,1-3H3,(H,21,24)(H,22,25)(H,23,26). The zero-order valence-electron chi connectivity index (χ0n) is 15.6. The molecule has 2 aromatic rings. The summed E-state index contributed by atoms with van der Waals surface area (Å²) in [6, 6.07) is 12.4. The Morgan fingerprint density at radius 3 is 2.37 bits per heavy atom. The third kappa shape index (κ3) is 5.85. The van der Waals surface area contributed by atoms with Crippen LogP contribution in [0.15, 0.2) is 42.5 Å². The molecule has 7 heteroatoms. The van der Waals surface area contributed by atoms with Crippen LogP contribution in [0.4, 0.5) is 5.69 Å². The first-order valence-electron chi connectivity index (χ1n) is 8.50. The van der Waals surface area contributed by atoms with Crippen LogP contribution >= 0.6 is 0 Å². The molecular weight excluding hydrogens is 346 g/mol. The maximum absolute atomic E-state index is 12.1. The molecule has 0 atom stereocenters. The minimum absolute atomic E-state index is 0.00371. The molecule has 3 N–H and O–H groups in total. The van der Waals surface area contributed by atoms with Gasteiger partial charge in [-0.3, -0.25) is 25.2 Å². The van der Waals surface area contributed by atoms with Crippen LogP contribution in [0.3, 0.4) is 0 Å². The second-order valence-electron chi connectivity index (χ2n) is 6.07. The summed E-state index contributed by atoms with van der Waals surface area (Å²) in [4.78, 5) is 36.0. The van der Waals surface area contributed by atoms with Crippen molar-refractivity contribution in [3.63, 3.8) is 0 Å². The fourth-order valence-corrected chi connectivity index (χ4v) is 2.40. The van der Waals surface area contributed by atoms with Crippen LogP contribution in [0.1, 0.15) is 34.3 Å². The van der Waals surface area contributed by atoms with Crippen molar-refractivity contribution in [2.45, 2.75) is 26.7 Å². The number of amides is 3. The van der Waals surface area contributed by atoms with Gasteiger partial charge < -0.3 is 10.1 Å². The minimum atomic E-state index is -0.499. The van der Waals surface area contributed by atoms with Gasteiger partial charge in [0.05, 0.1) is 12.7 Å². The van der Waals surface area contributed by atoms with Crippen LogP contribution in [0.2, 0.25) is 0 Å². The second-order valence-corrected chi connectivity index (χ2v) is 6.07. The Bertz CT molecular complexity index is 849. The third-order valence-corrected chi connectivity index (χ3v) is 3.91. The number of carbonyl (C=O) groups excluding carboxylic acids is 3. The highest BCUT2D eigenvalue weighted by Crippen LogP contribution is 2.17. The van der Waals surface area contributed by atoms with E-state index in [0.29, 0.717) is 11.3 Å². The van der Waals surface area contributed by atoms with Gasteiger partial charge in [0.2, 0.25) is 11.8 Å². The van der Waals surface area contributed by atoms with Gasteiger partial charge in [-0.1, -0.05) is 24.3 Å². The molecule has 0 spiro atoms. The lowest BCUT2D eigenvalue weighted by molar-refractivity contribution is -0.124. The van der Waals surface area contributed by atoms with Crippen molar-refractivity contribution in [1.82, 2.24) is 10.9 Å². The monoisotopic (exact) mass is 369 g/mol. The van der Waals surface area contributed by atoms with E-state index in [1.807, 2.05) is 32.0 Å². The van der Waals surface area contributed by atoms with E-state index in [1.54, 1.807) is 24.3 Å². The van der Waals surface area contributed by atoms with E-state index in [9.17, 15) is 14.4 Å². The molecule has 0 radical (unpaired) electrons. The van der Waals surface area contributed by atoms with Crippen molar-refractivity contribution < 1.29 is 19.1 Å². The Morgan fingerprint density at radius 1 is 0.926 bits per heavy atom. The average molecular weight is 369 g/mol. The fraction of sp³-hybridized carbons (Fsp3) is 0.250. The van der Waals surface area contributed by atoms with Gasteiger partial charge in [-0.05, 0) is 43.2 Å². The summed E-state index contributed by atoms with van der Waals surface area (Å²) in [5.74, 6) is -0.831. The molecule has 142 valence electrons. The number of hydrazine groups is 1.